The van der Waals surface area contributed by atoms with Gasteiger partial charge in [0.05, 0.1) is 10.5 Å². The summed E-state index contributed by atoms with van der Waals surface area (Å²) in [4.78, 5) is 6.13. The van der Waals surface area contributed by atoms with Gasteiger partial charge in [-0.3, -0.25) is 4.99 Å². The van der Waals surface area contributed by atoms with Crippen molar-refractivity contribution in [1.82, 2.24) is 10.2 Å². The van der Waals surface area contributed by atoms with Crippen molar-refractivity contribution in [3.63, 3.8) is 0 Å². The summed E-state index contributed by atoms with van der Waals surface area (Å²) in [5.74, 6) is 0.905. The fraction of sp³-hybridized carbons (Fsp3) is 0.727. The van der Waals surface area contributed by atoms with Crippen LogP contribution in [-0.2, 0) is 9.84 Å². The third-order valence-electron chi connectivity index (χ3n) is 2.96. The Bertz CT molecular complexity index is 418. The molecule has 1 heterocycles. The zero-order valence-electron chi connectivity index (χ0n) is 11.1. The molecule has 0 spiro atoms. The summed E-state index contributed by atoms with van der Waals surface area (Å²) in [5, 5.41) is 3.12. The van der Waals surface area contributed by atoms with E-state index < -0.39 is 14.6 Å². The average Bonchev–Trinajstić information content (AvgIpc) is 2.24. The van der Waals surface area contributed by atoms with E-state index >= 15 is 0 Å². The Morgan fingerprint density at radius 3 is 2.61 bits per heavy atom. The molecule has 0 unspecified atom stereocenters. The van der Waals surface area contributed by atoms with Crippen LogP contribution in [-0.4, -0.2) is 56.5 Å². The summed E-state index contributed by atoms with van der Waals surface area (Å²) in [6, 6.07) is 0. The second kappa shape index (κ2) is 6.74. The number of rotatable bonds is 2. The van der Waals surface area contributed by atoms with Gasteiger partial charge >= 0.3 is 0 Å². The molecular weight excluding hydrogens is 365 g/mol. The van der Waals surface area contributed by atoms with Crippen molar-refractivity contribution in [1.29, 1.82) is 0 Å². The number of guanidine groups is 1. The topological polar surface area (TPSA) is 61.8 Å². The van der Waals surface area contributed by atoms with Gasteiger partial charge in [-0.15, -0.1) is 30.6 Å². The molecule has 5 nitrogen and oxygen atoms in total. The molecule has 0 radical (unpaired) electrons. The van der Waals surface area contributed by atoms with Crippen molar-refractivity contribution >= 4 is 39.8 Å². The first-order valence-corrected chi connectivity index (χ1v) is 7.28. The number of aliphatic imine (C=N–C) groups is 1. The summed E-state index contributed by atoms with van der Waals surface area (Å²) in [6.07, 6.45) is 1.75. The zero-order chi connectivity index (χ0) is 13.1. The summed E-state index contributed by atoms with van der Waals surface area (Å²) in [6.45, 7) is 8.72. The molecule has 0 aromatic rings. The van der Waals surface area contributed by atoms with E-state index in [1.165, 1.54) is 0 Å². The molecular formula is C11H22IN3O2S. The molecule has 0 aromatic carbocycles. The van der Waals surface area contributed by atoms with Crippen LogP contribution < -0.4 is 5.32 Å². The molecule has 7 heteroatoms. The molecule has 1 aliphatic rings. The molecule has 1 saturated heterocycles. The lowest BCUT2D eigenvalue weighted by atomic mass is 10.2. The van der Waals surface area contributed by atoms with Gasteiger partial charge in [-0.2, -0.15) is 0 Å². The van der Waals surface area contributed by atoms with E-state index in [9.17, 15) is 8.42 Å². The van der Waals surface area contributed by atoms with Gasteiger partial charge in [0.1, 0.15) is 0 Å². The van der Waals surface area contributed by atoms with Crippen LogP contribution in [0.1, 0.15) is 13.8 Å². The highest BCUT2D eigenvalue weighted by Gasteiger charge is 2.40. The Morgan fingerprint density at radius 2 is 2.17 bits per heavy atom. The molecule has 0 bridgehead atoms. The van der Waals surface area contributed by atoms with E-state index in [4.69, 9.17) is 0 Å². The zero-order valence-corrected chi connectivity index (χ0v) is 14.3. The summed E-state index contributed by atoms with van der Waals surface area (Å²) in [7, 11) is -1.30. The van der Waals surface area contributed by atoms with Crippen LogP contribution in [0.25, 0.3) is 0 Å². The van der Waals surface area contributed by atoms with Crippen LogP contribution >= 0.6 is 24.0 Å². The Kier molecular flexibility index (Phi) is 6.62. The summed E-state index contributed by atoms with van der Waals surface area (Å²) < 4.78 is 23.0. The van der Waals surface area contributed by atoms with E-state index in [-0.39, 0.29) is 29.7 Å². The summed E-state index contributed by atoms with van der Waals surface area (Å²) in [5.41, 5.74) is 0. The SMILES string of the molecule is C=CCNC(=NC)N1CCS(=O)(=O)C(C)(C)C1.I. The maximum Gasteiger partial charge on any atom is 0.193 e. The second-order valence-corrected chi connectivity index (χ2v) is 7.46. The van der Waals surface area contributed by atoms with Crippen LogP contribution in [0, 0.1) is 0 Å². The van der Waals surface area contributed by atoms with Crippen molar-refractivity contribution in [3.8, 4) is 0 Å². The first-order valence-electron chi connectivity index (χ1n) is 5.63. The standard InChI is InChI=1S/C11H21N3O2S.HI/c1-5-6-13-10(12-4)14-7-8-17(15,16)11(2,3)9-14;/h5H,1,6-9H2,2-4H3,(H,12,13);1H. The van der Waals surface area contributed by atoms with E-state index in [0.29, 0.717) is 19.6 Å². The third-order valence-corrected chi connectivity index (χ3v) is 5.49. The molecule has 18 heavy (non-hydrogen) atoms. The van der Waals surface area contributed by atoms with Gasteiger partial charge in [-0.1, -0.05) is 6.08 Å². The molecule has 0 atom stereocenters. The minimum absolute atomic E-state index is 0. The predicted molar refractivity (Wildman–Crippen MR) is 86.4 cm³/mol. The van der Waals surface area contributed by atoms with Crippen molar-refractivity contribution in [2.75, 3.05) is 32.4 Å². The number of halogens is 1. The average molecular weight is 387 g/mol. The molecule has 0 saturated carbocycles. The van der Waals surface area contributed by atoms with Gasteiger partial charge in [0.2, 0.25) is 0 Å². The normalized spacial score (nSPS) is 21.9. The third kappa shape index (κ3) is 3.84. The van der Waals surface area contributed by atoms with Gasteiger partial charge in [-0.25, -0.2) is 8.42 Å². The molecule has 1 aliphatic heterocycles. The maximum atomic E-state index is 11.9. The lowest BCUT2D eigenvalue weighted by Crippen LogP contribution is -2.57. The molecule has 1 N–H and O–H groups in total. The second-order valence-electron chi connectivity index (χ2n) is 4.72. The van der Waals surface area contributed by atoms with Crippen LogP contribution in [0.15, 0.2) is 17.6 Å². The van der Waals surface area contributed by atoms with E-state index in [0.717, 1.165) is 5.96 Å². The quantitative estimate of drug-likeness (QED) is 0.331. The molecule has 106 valence electrons. The number of nitrogens with one attached hydrogen (secondary N) is 1. The molecule has 0 amide bonds. The number of sulfone groups is 1. The van der Waals surface area contributed by atoms with Crippen molar-refractivity contribution in [2.24, 2.45) is 4.99 Å². The Hall–Kier alpha value is -0.310. The van der Waals surface area contributed by atoms with Crippen LogP contribution in [0.4, 0.5) is 0 Å². The van der Waals surface area contributed by atoms with E-state index in [1.807, 2.05) is 4.90 Å². The Morgan fingerprint density at radius 1 is 1.56 bits per heavy atom. The number of nitrogens with zero attached hydrogens (tertiary/aromatic N) is 2. The van der Waals surface area contributed by atoms with Crippen molar-refractivity contribution in [2.45, 2.75) is 18.6 Å². The first-order chi connectivity index (χ1) is 7.84. The highest BCUT2D eigenvalue weighted by molar-refractivity contribution is 14.0. The summed E-state index contributed by atoms with van der Waals surface area (Å²) >= 11 is 0. The minimum atomic E-state index is -3.00. The fourth-order valence-electron chi connectivity index (χ4n) is 1.82. The van der Waals surface area contributed by atoms with E-state index in [2.05, 4.69) is 16.9 Å². The highest BCUT2D eigenvalue weighted by Crippen LogP contribution is 2.23. The van der Waals surface area contributed by atoms with Gasteiger partial charge in [-0.05, 0) is 13.8 Å². The Labute approximate surface area is 127 Å². The Balaban J connectivity index is 0.00000289. The van der Waals surface area contributed by atoms with Crippen molar-refractivity contribution < 1.29 is 8.42 Å². The lowest BCUT2D eigenvalue weighted by molar-refractivity contribution is 0.354. The minimum Gasteiger partial charge on any atom is -0.353 e. The van der Waals surface area contributed by atoms with Crippen LogP contribution in [0.2, 0.25) is 0 Å². The molecule has 0 aliphatic carbocycles. The van der Waals surface area contributed by atoms with Crippen LogP contribution in [0.3, 0.4) is 0 Å². The monoisotopic (exact) mass is 387 g/mol. The lowest BCUT2D eigenvalue weighted by Gasteiger charge is -2.39. The van der Waals surface area contributed by atoms with E-state index in [1.54, 1.807) is 27.0 Å². The van der Waals surface area contributed by atoms with Crippen LogP contribution in [0.5, 0.6) is 0 Å². The first kappa shape index (κ1) is 17.7. The smallest absolute Gasteiger partial charge is 0.193 e. The molecule has 1 fully saturated rings. The largest absolute Gasteiger partial charge is 0.353 e. The predicted octanol–water partition coefficient (Wildman–Crippen LogP) is 0.875. The molecule has 1 rings (SSSR count). The number of hydrogen-bond acceptors (Lipinski definition) is 3. The molecule has 0 aromatic heterocycles. The highest BCUT2D eigenvalue weighted by atomic mass is 127. The maximum absolute atomic E-state index is 11.9. The number of hydrogen-bond donors (Lipinski definition) is 1. The van der Waals surface area contributed by atoms with Gasteiger partial charge < -0.3 is 10.2 Å². The van der Waals surface area contributed by atoms with Gasteiger partial charge in [0.25, 0.3) is 0 Å². The van der Waals surface area contributed by atoms with Gasteiger partial charge in [0, 0.05) is 26.7 Å². The van der Waals surface area contributed by atoms with Crippen molar-refractivity contribution in [3.05, 3.63) is 12.7 Å². The van der Waals surface area contributed by atoms with Gasteiger partial charge in [0.15, 0.2) is 15.8 Å². The fourth-order valence-corrected chi connectivity index (χ4v) is 3.19.